The Bertz CT molecular complexity index is 984. The SMILES string of the molecule is Cc1ccc(C)c(S(=O)(=O)N([C@H]2CCS(=O)(=O)C2)[C@H]2CCS(=O)(=O)C2)c1. The summed E-state index contributed by atoms with van der Waals surface area (Å²) >= 11 is 0. The molecule has 0 radical (unpaired) electrons. The fourth-order valence-corrected chi connectivity index (χ4v) is 9.53. The van der Waals surface area contributed by atoms with Crippen molar-refractivity contribution in [3.63, 3.8) is 0 Å². The molecule has 0 saturated carbocycles. The smallest absolute Gasteiger partial charge is 0.229 e. The molecule has 0 spiro atoms. The average Bonchev–Trinajstić information content (AvgIpc) is 3.03. The predicted molar refractivity (Wildman–Crippen MR) is 99.1 cm³/mol. The molecular formula is C16H23NO6S3. The molecule has 10 heteroatoms. The second-order valence-corrected chi connectivity index (χ2v) is 13.5. The van der Waals surface area contributed by atoms with Gasteiger partial charge < -0.3 is 0 Å². The lowest BCUT2D eigenvalue weighted by atomic mass is 10.2. The maximum Gasteiger partial charge on any atom is 0.243 e. The van der Waals surface area contributed by atoms with Gasteiger partial charge in [0.25, 0.3) is 0 Å². The topological polar surface area (TPSA) is 106 Å². The van der Waals surface area contributed by atoms with E-state index in [9.17, 15) is 25.3 Å². The van der Waals surface area contributed by atoms with Gasteiger partial charge in [-0.15, -0.1) is 0 Å². The van der Waals surface area contributed by atoms with E-state index in [1.807, 2.05) is 0 Å². The van der Waals surface area contributed by atoms with Crippen molar-refractivity contribution in [3.8, 4) is 0 Å². The minimum absolute atomic E-state index is 0.0735. The van der Waals surface area contributed by atoms with Gasteiger partial charge in [-0.05, 0) is 43.9 Å². The number of sulfone groups is 2. The molecule has 2 aliphatic heterocycles. The quantitative estimate of drug-likeness (QED) is 0.707. The highest BCUT2D eigenvalue weighted by molar-refractivity contribution is 7.92. The van der Waals surface area contributed by atoms with Crippen molar-refractivity contribution in [2.75, 3.05) is 23.0 Å². The largest absolute Gasteiger partial charge is 0.243 e. The van der Waals surface area contributed by atoms with Crippen LogP contribution in [0.25, 0.3) is 0 Å². The van der Waals surface area contributed by atoms with E-state index in [0.29, 0.717) is 5.56 Å². The first-order valence-corrected chi connectivity index (χ1v) is 13.5. The summed E-state index contributed by atoms with van der Waals surface area (Å²) in [6.45, 7) is 3.46. The number of rotatable bonds is 4. The van der Waals surface area contributed by atoms with Crippen LogP contribution in [0.1, 0.15) is 24.0 Å². The highest BCUT2D eigenvalue weighted by atomic mass is 32.2. The summed E-state index contributed by atoms with van der Waals surface area (Å²) in [6.07, 6.45) is 0.395. The zero-order valence-corrected chi connectivity index (χ0v) is 17.2. The van der Waals surface area contributed by atoms with Crippen molar-refractivity contribution in [1.82, 2.24) is 4.31 Å². The molecule has 0 N–H and O–H groups in total. The highest BCUT2D eigenvalue weighted by Gasteiger charge is 2.46. The van der Waals surface area contributed by atoms with E-state index in [4.69, 9.17) is 0 Å². The molecular weight excluding hydrogens is 398 g/mol. The number of aryl methyl sites for hydroxylation is 2. The minimum atomic E-state index is -4.02. The van der Waals surface area contributed by atoms with Crippen LogP contribution < -0.4 is 0 Å². The average molecular weight is 422 g/mol. The Morgan fingerprint density at radius 3 is 1.85 bits per heavy atom. The van der Waals surface area contributed by atoms with Crippen LogP contribution in [0.5, 0.6) is 0 Å². The zero-order valence-electron chi connectivity index (χ0n) is 14.8. The molecule has 1 aromatic carbocycles. The highest BCUT2D eigenvalue weighted by Crippen LogP contribution is 2.32. The van der Waals surface area contributed by atoms with Gasteiger partial charge >= 0.3 is 0 Å². The molecule has 2 heterocycles. The predicted octanol–water partition coefficient (Wildman–Crippen LogP) is 0.668. The van der Waals surface area contributed by atoms with Gasteiger partial charge in [-0.3, -0.25) is 0 Å². The molecule has 146 valence electrons. The third-order valence-electron chi connectivity index (χ3n) is 5.04. The van der Waals surface area contributed by atoms with E-state index in [1.54, 1.807) is 32.0 Å². The van der Waals surface area contributed by atoms with Gasteiger partial charge in [0.1, 0.15) is 0 Å². The first-order valence-electron chi connectivity index (χ1n) is 8.43. The van der Waals surface area contributed by atoms with Gasteiger partial charge in [0, 0.05) is 12.1 Å². The molecule has 0 aliphatic carbocycles. The molecule has 1 aromatic rings. The Morgan fingerprint density at radius 2 is 1.42 bits per heavy atom. The van der Waals surface area contributed by atoms with Gasteiger partial charge in [0.2, 0.25) is 10.0 Å². The molecule has 2 fully saturated rings. The second kappa shape index (κ2) is 6.57. The van der Waals surface area contributed by atoms with Crippen LogP contribution in [-0.2, 0) is 29.7 Å². The van der Waals surface area contributed by atoms with Crippen molar-refractivity contribution in [3.05, 3.63) is 29.3 Å². The number of hydrogen-bond acceptors (Lipinski definition) is 6. The summed E-state index contributed by atoms with van der Waals surface area (Å²) in [5, 5.41) is 0. The van der Waals surface area contributed by atoms with Crippen LogP contribution in [0.15, 0.2) is 23.1 Å². The lowest BCUT2D eigenvalue weighted by Gasteiger charge is -2.32. The van der Waals surface area contributed by atoms with Crippen LogP contribution >= 0.6 is 0 Å². The van der Waals surface area contributed by atoms with Crippen molar-refractivity contribution in [2.45, 2.75) is 43.7 Å². The van der Waals surface area contributed by atoms with E-state index in [-0.39, 0.29) is 40.7 Å². The fourth-order valence-electron chi connectivity index (χ4n) is 3.74. The molecule has 7 nitrogen and oxygen atoms in total. The molecule has 2 atom stereocenters. The number of nitrogens with zero attached hydrogens (tertiary/aromatic N) is 1. The van der Waals surface area contributed by atoms with Crippen LogP contribution in [-0.4, -0.2) is 64.7 Å². The molecule has 0 amide bonds. The van der Waals surface area contributed by atoms with Crippen molar-refractivity contribution in [2.24, 2.45) is 0 Å². The molecule has 3 rings (SSSR count). The first-order chi connectivity index (χ1) is 11.9. The Balaban J connectivity index is 2.09. The minimum Gasteiger partial charge on any atom is -0.229 e. The summed E-state index contributed by atoms with van der Waals surface area (Å²) in [5.41, 5.74) is 1.33. The van der Waals surface area contributed by atoms with Crippen molar-refractivity contribution in [1.29, 1.82) is 0 Å². The Morgan fingerprint density at radius 1 is 0.923 bits per heavy atom. The maximum atomic E-state index is 13.4. The standard InChI is InChI=1S/C16H23NO6S3/c1-12-3-4-13(2)16(9-12)26(22,23)17(14-5-7-24(18,19)10-14)15-6-8-25(20,21)11-15/h3-4,9,14-15H,5-8,10-11H2,1-2H3/t14-,15-/m0/s1. The van der Waals surface area contributed by atoms with Gasteiger partial charge in [-0.2, -0.15) is 4.31 Å². The summed E-state index contributed by atoms with van der Waals surface area (Å²) in [6, 6.07) is 3.63. The molecule has 2 aliphatic rings. The van der Waals surface area contributed by atoms with Gasteiger partial charge in [0.05, 0.1) is 27.9 Å². The summed E-state index contributed by atoms with van der Waals surface area (Å²) in [4.78, 5) is 0.117. The zero-order chi connectivity index (χ0) is 19.3. The lowest BCUT2D eigenvalue weighted by molar-refractivity contribution is 0.280. The third-order valence-corrected chi connectivity index (χ3v) is 10.7. The Labute approximate surface area is 155 Å². The third kappa shape index (κ3) is 3.83. The van der Waals surface area contributed by atoms with E-state index in [2.05, 4.69) is 0 Å². The summed E-state index contributed by atoms with van der Waals surface area (Å²) < 4.78 is 75.8. The number of sulfonamides is 1. The Hall–Kier alpha value is -0.970. The number of hydrogen-bond donors (Lipinski definition) is 0. The Kier molecular flexibility index (Phi) is 5.00. The second-order valence-electron chi connectivity index (χ2n) is 7.22. The molecule has 26 heavy (non-hydrogen) atoms. The van der Waals surface area contributed by atoms with E-state index >= 15 is 0 Å². The van der Waals surface area contributed by atoms with Crippen LogP contribution in [0.4, 0.5) is 0 Å². The van der Waals surface area contributed by atoms with Gasteiger partial charge in [0.15, 0.2) is 19.7 Å². The number of benzene rings is 1. The molecule has 2 saturated heterocycles. The molecule has 0 unspecified atom stereocenters. The van der Waals surface area contributed by atoms with E-state index < -0.39 is 41.8 Å². The van der Waals surface area contributed by atoms with Crippen LogP contribution in [0.2, 0.25) is 0 Å². The summed E-state index contributed by atoms with van der Waals surface area (Å²) in [7, 11) is -10.6. The lowest BCUT2D eigenvalue weighted by Crippen LogP contribution is -2.48. The van der Waals surface area contributed by atoms with Gasteiger partial charge in [-0.1, -0.05) is 12.1 Å². The van der Waals surface area contributed by atoms with E-state index in [0.717, 1.165) is 5.56 Å². The molecule has 0 aromatic heterocycles. The maximum absolute atomic E-state index is 13.4. The normalized spacial score (nSPS) is 27.8. The van der Waals surface area contributed by atoms with Crippen molar-refractivity contribution >= 4 is 29.7 Å². The van der Waals surface area contributed by atoms with Gasteiger partial charge in [-0.25, -0.2) is 25.3 Å². The first kappa shape index (κ1) is 19.8. The molecule has 0 bridgehead atoms. The summed E-state index contributed by atoms with van der Waals surface area (Å²) in [5.74, 6) is -0.660. The van der Waals surface area contributed by atoms with Crippen LogP contribution in [0, 0.1) is 13.8 Å². The van der Waals surface area contributed by atoms with Crippen LogP contribution in [0.3, 0.4) is 0 Å². The van der Waals surface area contributed by atoms with Crippen molar-refractivity contribution < 1.29 is 25.3 Å². The van der Waals surface area contributed by atoms with E-state index in [1.165, 1.54) is 4.31 Å². The fraction of sp³-hybridized carbons (Fsp3) is 0.625. The monoisotopic (exact) mass is 421 g/mol.